The molecule has 0 unspecified atom stereocenters. The van der Waals surface area contributed by atoms with Gasteiger partial charge in [-0.3, -0.25) is 4.79 Å². The molecule has 0 aromatic carbocycles. The number of amides is 1. The Morgan fingerprint density at radius 3 is 2.62 bits per heavy atom. The highest BCUT2D eigenvalue weighted by molar-refractivity contribution is 5.91. The van der Waals surface area contributed by atoms with Crippen molar-refractivity contribution in [1.29, 1.82) is 0 Å². The topological polar surface area (TPSA) is 81.2 Å². The molecule has 92 valence electrons. The van der Waals surface area contributed by atoms with Gasteiger partial charge in [0.05, 0.1) is 5.69 Å². The van der Waals surface area contributed by atoms with Crippen LogP contribution >= 0.6 is 12.4 Å². The molecular formula is C10H18ClN3O2. The maximum Gasteiger partial charge on any atom is 0.290 e. The van der Waals surface area contributed by atoms with Gasteiger partial charge < -0.3 is 15.6 Å². The van der Waals surface area contributed by atoms with Gasteiger partial charge in [0.2, 0.25) is 5.76 Å². The molecule has 0 saturated heterocycles. The van der Waals surface area contributed by atoms with Crippen molar-refractivity contribution in [3.63, 3.8) is 0 Å². The van der Waals surface area contributed by atoms with Crippen molar-refractivity contribution in [2.45, 2.75) is 32.7 Å². The van der Waals surface area contributed by atoms with E-state index < -0.39 is 0 Å². The number of nitrogens with zero attached hydrogens (tertiary/aromatic N) is 1. The van der Waals surface area contributed by atoms with Crippen LogP contribution in [0.25, 0.3) is 0 Å². The molecule has 1 rings (SSSR count). The van der Waals surface area contributed by atoms with Gasteiger partial charge in [-0.2, -0.15) is 0 Å². The molecule has 0 aliphatic carbocycles. The Bertz CT molecular complexity index is 339. The Balaban J connectivity index is 0.00000225. The van der Waals surface area contributed by atoms with Crippen LogP contribution in [0.15, 0.2) is 10.6 Å². The third-order valence-electron chi connectivity index (χ3n) is 2.07. The smallest absolute Gasteiger partial charge is 0.290 e. The summed E-state index contributed by atoms with van der Waals surface area (Å²) in [6.07, 6.45) is 0. The maximum atomic E-state index is 11.5. The molecular weight excluding hydrogens is 230 g/mol. The maximum absolute atomic E-state index is 11.5. The van der Waals surface area contributed by atoms with Crippen LogP contribution in [0.2, 0.25) is 0 Å². The lowest BCUT2D eigenvalue weighted by molar-refractivity contribution is 0.0904. The van der Waals surface area contributed by atoms with Crippen molar-refractivity contribution >= 4 is 18.3 Å². The van der Waals surface area contributed by atoms with Crippen molar-refractivity contribution in [3.8, 4) is 0 Å². The summed E-state index contributed by atoms with van der Waals surface area (Å²) in [5.41, 5.74) is 6.17. The van der Waals surface area contributed by atoms with Crippen LogP contribution in [-0.2, 0) is 0 Å². The lowest BCUT2D eigenvalue weighted by Gasteiger charge is -2.08. The number of carbonyl (C=O) groups is 1. The summed E-state index contributed by atoms with van der Waals surface area (Å²) in [6, 6.07) is 1.59. The number of carbonyl (C=O) groups excluding carboxylic acids is 1. The SMILES string of the molecule is CC(C)c1cc(C(=O)N[C@@H](C)CN)on1.Cl. The van der Waals surface area contributed by atoms with Gasteiger partial charge in [0.25, 0.3) is 5.91 Å². The number of aromatic nitrogens is 1. The molecule has 6 heteroatoms. The lowest BCUT2D eigenvalue weighted by Crippen LogP contribution is -2.37. The predicted molar refractivity (Wildman–Crippen MR) is 63.8 cm³/mol. The molecule has 0 spiro atoms. The Morgan fingerprint density at radius 1 is 1.56 bits per heavy atom. The van der Waals surface area contributed by atoms with Crippen LogP contribution in [0.3, 0.4) is 0 Å². The van der Waals surface area contributed by atoms with Gasteiger partial charge in [0, 0.05) is 18.7 Å². The second kappa shape index (κ2) is 6.50. The zero-order valence-corrected chi connectivity index (χ0v) is 10.5. The van der Waals surface area contributed by atoms with E-state index in [1.165, 1.54) is 0 Å². The first-order chi connectivity index (χ1) is 7.04. The van der Waals surface area contributed by atoms with E-state index >= 15 is 0 Å². The standard InChI is InChI=1S/C10H17N3O2.ClH/c1-6(2)8-4-9(15-13-8)10(14)12-7(3)5-11;/h4,6-7H,5,11H2,1-3H3,(H,12,14);1H/t7-;/m0./s1. The van der Waals surface area contributed by atoms with Crippen molar-refractivity contribution in [2.24, 2.45) is 5.73 Å². The van der Waals surface area contributed by atoms with Crippen LogP contribution < -0.4 is 11.1 Å². The third kappa shape index (κ3) is 3.83. The molecule has 5 nitrogen and oxygen atoms in total. The predicted octanol–water partition coefficient (Wildman–Crippen LogP) is 1.30. The summed E-state index contributed by atoms with van der Waals surface area (Å²) in [4.78, 5) is 11.5. The van der Waals surface area contributed by atoms with Crippen molar-refractivity contribution < 1.29 is 9.32 Å². The molecule has 16 heavy (non-hydrogen) atoms. The average Bonchev–Trinajstić information content (AvgIpc) is 2.66. The van der Waals surface area contributed by atoms with Crippen LogP contribution in [0.4, 0.5) is 0 Å². The van der Waals surface area contributed by atoms with E-state index in [-0.39, 0.29) is 36.0 Å². The molecule has 1 atom stereocenters. The normalized spacial score (nSPS) is 12.1. The largest absolute Gasteiger partial charge is 0.351 e. The van der Waals surface area contributed by atoms with Gasteiger partial charge in [-0.1, -0.05) is 19.0 Å². The highest BCUT2D eigenvalue weighted by Crippen LogP contribution is 2.13. The molecule has 1 amide bonds. The van der Waals surface area contributed by atoms with E-state index in [0.29, 0.717) is 6.54 Å². The fourth-order valence-corrected chi connectivity index (χ4v) is 1.02. The molecule has 0 fully saturated rings. The van der Waals surface area contributed by atoms with Crippen LogP contribution in [-0.4, -0.2) is 23.7 Å². The van der Waals surface area contributed by atoms with Gasteiger partial charge in [0.1, 0.15) is 0 Å². The van der Waals surface area contributed by atoms with E-state index in [2.05, 4.69) is 10.5 Å². The van der Waals surface area contributed by atoms with Gasteiger partial charge in [-0.15, -0.1) is 12.4 Å². The summed E-state index contributed by atoms with van der Waals surface area (Å²) in [7, 11) is 0. The first-order valence-electron chi connectivity index (χ1n) is 5.02. The molecule has 1 heterocycles. The van der Waals surface area contributed by atoms with Gasteiger partial charge in [0.15, 0.2) is 0 Å². The minimum absolute atomic E-state index is 0. The summed E-state index contributed by atoms with van der Waals surface area (Å²) in [6.45, 7) is 6.21. The molecule has 0 radical (unpaired) electrons. The Hall–Kier alpha value is -1.07. The van der Waals surface area contributed by atoms with E-state index in [9.17, 15) is 4.79 Å². The second-order valence-electron chi connectivity index (χ2n) is 3.88. The fraction of sp³-hybridized carbons (Fsp3) is 0.600. The molecule has 1 aromatic rings. The summed E-state index contributed by atoms with van der Waals surface area (Å²) in [5.74, 6) is 0.216. The van der Waals surface area contributed by atoms with Gasteiger partial charge in [-0.25, -0.2) is 0 Å². The van der Waals surface area contributed by atoms with Crippen LogP contribution in [0.1, 0.15) is 42.9 Å². The lowest BCUT2D eigenvalue weighted by atomic mass is 10.1. The van der Waals surface area contributed by atoms with E-state index in [1.807, 2.05) is 20.8 Å². The molecule has 0 saturated carbocycles. The Labute approximate surface area is 101 Å². The second-order valence-corrected chi connectivity index (χ2v) is 3.88. The van der Waals surface area contributed by atoms with Crippen LogP contribution in [0.5, 0.6) is 0 Å². The van der Waals surface area contributed by atoms with Crippen molar-refractivity contribution in [2.75, 3.05) is 6.54 Å². The van der Waals surface area contributed by atoms with Gasteiger partial charge in [-0.05, 0) is 12.8 Å². The number of hydrogen-bond acceptors (Lipinski definition) is 4. The number of nitrogens with one attached hydrogen (secondary N) is 1. The number of rotatable bonds is 4. The number of nitrogens with two attached hydrogens (primary N) is 1. The first kappa shape index (κ1) is 14.9. The highest BCUT2D eigenvalue weighted by Gasteiger charge is 2.15. The fourth-order valence-electron chi connectivity index (χ4n) is 1.02. The monoisotopic (exact) mass is 247 g/mol. The minimum atomic E-state index is -0.271. The molecule has 1 aromatic heterocycles. The Morgan fingerprint density at radius 2 is 2.19 bits per heavy atom. The minimum Gasteiger partial charge on any atom is -0.351 e. The van der Waals surface area contributed by atoms with Gasteiger partial charge >= 0.3 is 0 Å². The highest BCUT2D eigenvalue weighted by atomic mass is 35.5. The molecule has 0 aliphatic heterocycles. The summed E-state index contributed by atoms with van der Waals surface area (Å²) in [5, 5.41) is 6.50. The van der Waals surface area contributed by atoms with Crippen LogP contribution in [0, 0.1) is 0 Å². The third-order valence-corrected chi connectivity index (χ3v) is 2.07. The quantitative estimate of drug-likeness (QED) is 0.840. The summed E-state index contributed by atoms with van der Waals surface area (Å²) < 4.78 is 4.93. The van der Waals surface area contributed by atoms with E-state index in [1.54, 1.807) is 6.07 Å². The zero-order chi connectivity index (χ0) is 11.4. The van der Waals surface area contributed by atoms with Crippen molar-refractivity contribution in [1.82, 2.24) is 10.5 Å². The van der Waals surface area contributed by atoms with E-state index in [0.717, 1.165) is 5.69 Å². The zero-order valence-electron chi connectivity index (χ0n) is 9.69. The first-order valence-corrected chi connectivity index (χ1v) is 5.02. The van der Waals surface area contributed by atoms with Crippen molar-refractivity contribution in [3.05, 3.63) is 17.5 Å². The summed E-state index contributed by atoms with van der Waals surface area (Å²) >= 11 is 0. The number of hydrogen-bond donors (Lipinski definition) is 2. The Kier molecular flexibility index (Phi) is 6.06. The molecule has 0 aliphatic rings. The number of halogens is 1. The average molecular weight is 248 g/mol. The molecule has 0 bridgehead atoms. The van der Waals surface area contributed by atoms with E-state index in [4.69, 9.17) is 10.3 Å². The molecule has 3 N–H and O–H groups in total.